The van der Waals surface area contributed by atoms with Crippen molar-refractivity contribution in [3.63, 3.8) is 0 Å². The van der Waals surface area contributed by atoms with Crippen molar-refractivity contribution in [3.05, 3.63) is 29.3 Å². The number of carbonyl (C=O) groups is 1. The number of benzene rings is 1. The summed E-state index contributed by atoms with van der Waals surface area (Å²) in [5.41, 5.74) is 2.99. The normalized spacial score (nSPS) is 16.8. The summed E-state index contributed by atoms with van der Waals surface area (Å²) >= 11 is 0. The third-order valence-electron chi connectivity index (χ3n) is 3.53. The monoisotopic (exact) mass is 233 g/mol. The van der Waals surface area contributed by atoms with E-state index < -0.39 is 0 Å². The highest BCUT2D eigenvalue weighted by Crippen LogP contribution is 2.23. The zero-order valence-electron chi connectivity index (χ0n) is 10.5. The number of aryl methyl sites for hydroxylation is 1. The second-order valence-corrected chi connectivity index (χ2v) is 4.61. The number of nitrogens with zero attached hydrogens (tertiary/aromatic N) is 1. The molecule has 1 aromatic carbocycles. The van der Waals surface area contributed by atoms with Gasteiger partial charge in [0, 0.05) is 37.6 Å². The Bertz CT molecular complexity index is 397. The quantitative estimate of drug-likeness (QED) is 0.751. The molecule has 0 radical (unpaired) electrons. The summed E-state index contributed by atoms with van der Waals surface area (Å²) < 4.78 is 5.37. The van der Waals surface area contributed by atoms with Crippen LogP contribution in [0.1, 0.15) is 28.8 Å². The summed E-state index contributed by atoms with van der Waals surface area (Å²) in [6, 6.07) is 6.55. The van der Waals surface area contributed by atoms with Crippen LogP contribution in [0.3, 0.4) is 0 Å². The summed E-state index contributed by atoms with van der Waals surface area (Å²) in [6.07, 6.45) is 3.06. The number of carbonyl (C=O) groups excluding carboxylic acids is 1. The Balaban J connectivity index is 2.15. The molecule has 0 N–H and O–H groups in total. The molecule has 0 atom stereocenters. The van der Waals surface area contributed by atoms with E-state index in [1.54, 1.807) is 0 Å². The third-order valence-corrected chi connectivity index (χ3v) is 3.53. The molecule has 1 heterocycles. The minimum Gasteiger partial charge on any atom is -0.381 e. The molecule has 0 unspecified atom stereocenters. The predicted octanol–water partition coefficient (Wildman–Crippen LogP) is 2.42. The molecule has 1 fully saturated rings. The van der Waals surface area contributed by atoms with Gasteiger partial charge >= 0.3 is 0 Å². The van der Waals surface area contributed by atoms with Crippen LogP contribution in [-0.4, -0.2) is 32.6 Å². The molecule has 0 amide bonds. The van der Waals surface area contributed by atoms with E-state index in [0.717, 1.165) is 43.5 Å². The fraction of sp³-hybridized carbons (Fsp3) is 0.500. The lowest BCUT2D eigenvalue weighted by molar-refractivity contribution is 0.0855. The van der Waals surface area contributed by atoms with Gasteiger partial charge in [-0.2, -0.15) is 0 Å². The highest BCUT2D eigenvalue weighted by Gasteiger charge is 2.18. The molecule has 17 heavy (non-hydrogen) atoms. The smallest absolute Gasteiger partial charge is 0.150 e. The van der Waals surface area contributed by atoms with Gasteiger partial charge in [-0.05, 0) is 43.5 Å². The van der Waals surface area contributed by atoms with E-state index in [4.69, 9.17) is 4.74 Å². The van der Waals surface area contributed by atoms with Crippen LogP contribution < -0.4 is 4.90 Å². The predicted molar refractivity (Wildman–Crippen MR) is 68.8 cm³/mol. The Labute approximate surface area is 102 Å². The van der Waals surface area contributed by atoms with Crippen LogP contribution in [0.2, 0.25) is 0 Å². The zero-order chi connectivity index (χ0) is 12.3. The van der Waals surface area contributed by atoms with E-state index in [1.807, 2.05) is 19.1 Å². The first-order valence-corrected chi connectivity index (χ1v) is 6.09. The SMILES string of the molecule is Cc1cc(N(C)C2CCOCC2)ccc1C=O. The Morgan fingerprint density at radius 3 is 2.65 bits per heavy atom. The lowest BCUT2D eigenvalue weighted by atomic mass is 10.0. The van der Waals surface area contributed by atoms with Gasteiger partial charge in [0.2, 0.25) is 0 Å². The number of hydrogen-bond acceptors (Lipinski definition) is 3. The molecule has 0 aromatic heterocycles. The molecule has 0 saturated carbocycles. The summed E-state index contributed by atoms with van der Waals surface area (Å²) in [5.74, 6) is 0. The van der Waals surface area contributed by atoms with Crippen molar-refractivity contribution >= 4 is 12.0 Å². The van der Waals surface area contributed by atoms with Gasteiger partial charge in [0.05, 0.1) is 0 Å². The maximum absolute atomic E-state index is 10.8. The van der Waals surface area contributed by atoms with Crippen LogP contribution >= 0.6 is 0 Å². The lowest BCUT2D eigenvalue weighted by Crippen LogP contribution is -2.36. The topological polar surface area (TPSA) is 29.5 Å². The molecule has 3 heteroatoms. The Morgan fingerprint density at radius 2 is 2.06 bits per heavy atom. The van der Waals surface area contributed by atoms with Crippen LogP contribution in [0.5, 0.6) is 0 Å². The fourth-order valence-corrected chi connectivity index (χ4v) is 2.29. The van der Waals surface area contributed by atoms with Gasteiger partial charge in [-0.15, -0.1) is 0 Å². The minimum absolute atomic E-state index is 0.547. The molecule has 1 aliphatic rings. The Hall–Kier alpha value is -1.35. The van der Waals surface area contributed by atoms with E-state index in [1.165, 1.54) is 5.69 Å². The molecule has 2 rings (SSSR count). The van der Waals surface area contributed by atoms with Gasteiger partial charge in [0.25, 0.3) is 0 Å². The summed E-state index contributed by atoms with van der Waals surface area (Å²) in [5, 5.41) is 0. The van der Waals surface area contributed by atoms with Gasteiger partial charge < -0.3 is 9.64 Å². The maximum atomic E-state index is 10.8. The van der Waals surface area contributed by atoms with Crippen LogP contribution in [0.4, 0.5) is 5.69 Å². The fourth-order valence-electron chi connectivity index (χ4n) is 2.29. The number of aldehydes is 1. The van der Waals surface area contributed by atoms with E-state index in [-0.39, 0.29) is 0 Å². The zero-order valence-corrected chi connectivity index (χ0v) is 10.5. The molecular weight excluding hydrogens is 214 g/mol. The van der Waals surface area contributed by atoms with Crippen molar-refractivity contribution in [1.29, 1.82) is 0 Å². The van der Waals surface area contributed by atoms with Crippen molar-refractivity contribution in [2.24, 2.45) is 0 Å². The average molecular weight is 233 g/mol. The number of rotatable bonds is 3. The van der Waals surface area contributed by atoms with Gasteiger partial charge in [0.15, 0.2) is 0 Å². The standard InChI is InChI=1S/C14H19NO2/c1-11-9-14(4-3-12(11)10-16)15(2)13-5-7-17-8-6-13/h3-4,9-10,13H,5-8H2,1-2H3. The minimum atomic E-state index is 0.547. The van der Waals surface area contributed by atoms with Gasteiger partial charge in [-0.25, -0.2) is 0 Å². The van der Waals surface area contributed by atoms with Crippen molar-refractivity contribution in [1.82, 2.24) is 0 Å². The third kappa shape index (κ3) is 2.67. The molecule has 3 nitrogen and oxygen atoms in total. The molecule has 0 spiro atoms. The highest BCUT2D eigenvalue weighted by atomic mass is 16.5. The van der Waals surface area contributed by atoms with Gasteiger partial charge in [-0.1, -0.05) is 0 Å². The van der Waals surface area contributed by atoms with E-state index in [2.05, 4.69) is 18.0 Å². The largest absolute Gasteiger partial charge is 0.381 e. The van der Waals surface area contributed by atoms with E-state index in [0.29, 0.717) is 6.04 Å². The Kier molecular flexibility index (Phi) is 3.79. The maximum Gasteiger partial charge on any atom is 0.150 e. The molecule has 92 valence electrons. The first kappa shape index (κ1) is 12.1. The lowest BCUT2D eigenvalue weighted by Gasteiger charge is -2.33. The van der Waals surface area contributed by atoms with Crippen LogP contribution in [0, 0.1) is 6.92 Å². The molecule has 0 bridgehead atoms. The highest BCUT2D eigenvalue weighted by molar-refractivity contribution is 5.78. The second kappa shape index (κ2) is 5.32. The van der Waals surface area contributed by atoms with Crippen molar-refractivity contribution < 1.29 is 9.53 Å². The summed E-state index contributed by atoms with van der Waals surface area (Å²) in [6.45, 7) is 3.67. The van der Waals surface area contributed by atoms with Crippen molar-refractivity contribution in [2.75, 3.05) is 25.2 Å². The first-order valence-electron chi connectivity index (χ1n) is 6.09. The molecule has 1 aromatic rings. The van der Waals surface area contributed by atoms with Crippen LogP contribution in [-0.2, 0) is 4.74 Å². The van der Waals surface area contributed by atoms with Gasteiger partial charge in [-0.3, -0.25) is 4.79 Å². The van der Waals surface area contributed by atoms with E-state index in [9.17, 15) is 4.79 Å². The van der Waals surface area contributed by atoms with Gasteiger partial charge in [0.1, 0.15) is 6.29 Å². The first-order chi connectivity index (χ1) is 8.22. The molecule has 1 aliphatic heterocycles. The molecule has 1 saturated heterocycles. The second-order valence-electron chi connectivity index (χ2n) is 4.61. The molecule has 0 aliphatic carbocycles. The Morgan fingerprint density at radius 1 is 1.35 bits per heavy atom. The van der Waals surface area contributed by atoms with Crippen molar-refractivity contribution in [2.45, 2.75) is 25.8 Å². The van der Waals surface area contributed by atoms with E-state index >= 15 is 0 Å². The average Bonchev–Trinajstić information content (AvgIpc) is 2.39. The van der Waals surface area contributed by atoms with Crippen LogP contribution in [0.25, 0.3) is 0 Å². The molecular formula is C14H19NO2. The van der Waals surface area contributed by atoms with Crippen molar-refractivity contribution in [3.8, 4) is 0 Å². The number of hydrogen-bond donors (Lipinski definition) is 0. The number of anilines is 1. The summed E-state index contributed by atoms with van der Waals surface area (Å²) in [7, 11) is 2.12. The summed E-state index contributed by atoms with van der Waals surface area (Å²) in [4.78, 5) is 13.1. The van der Waals surface area contributed by atoms with Crippen LogP contribution in [0.15, 0.2) is 18.2 Å². The number of ether oxygens (including phenoxy) is 1.